The third-order valence-corrected chi connectivity index (χ3v) is 7.08. The molecule has 228 valence electrons. The molecular weight excluding hydrogens is 526 g/mol. The van der Waals surface area contributed by atoms with Crippen molar-refractivity contribution in [3.63, 3.8) is 0 Å². The molecule has 1 aromatic heterocycles. The van der Waals surface area contributed by atoms with Gasteiger partial charge in [0, 0.05) is 45.1 Å². The average Bonchev–Trinajstić information content (AvgIpc) is 3.12. The van der Waals surface area contributed by atoms with Gasteiger partial charge in [0.15, 0.2) is 6.23 Å². The summed E-state index contributed by atoms with van der Waals surface area (Å²) >= 11 is 0. The first-order valence-corrected chi connectivity index (χ1v) is 15.0. The fourth-order valence-corrected chi connectivity index (χ4v) is 4.67. The lowest BCUT2D eigenvalue weighted by Gasteiger charge is -2.31. The smallest absolute Gasteiger partial charge is 0.351 e. The number of carbonyl (C=O) groups excluding carboxylic acids is 1. The van der Waals surface area contributed by atoms with Crippen LogP contribution in [0, 0.1) is 0 Å². The number of unbranched alkanes of at least 4 members (excludes halogenated alkanes) is 3. The molecule has 0 bridgehead atoms. The van der Waals surface area contributed by atoms with Crippen LogP contribution in [0.4, 0.5) is 5.82 Å². The largest absolute Gasteiger partial charge is 0.379 e. The maximum Gasteiger partial charge on any atom is 0.351 e. The SMILES string of the molecule is CCCCOC[C@H]1O[C@@H](n2ccc(NC(=O)c3ccccc3)nc2=O)[C@H](OC)C[C@@H](OCCCC)[C@@H]1OCCCC. The number of benzene rings is 1. The summed E-state index contributed by atoms with van der Waals surface area (Å²) in [5.41, 5.74) is -0.0958. The number of hydrogen-bond donors (Lipinski definition) is 1. The van der Waals surface area contributed by atoms with Crippen LogP contribution in [-0.2, 0) is 23.7 Å². The van der Waals surface area contributed by atoms with Gasteiger partial charge in [0.2, 0.25) is 0 Å². The number of nitrogens with zero attached hydrogens (tertiary/aromatic N) is 2. The highest BCUT2D eigenvalue weighted by molar-refractivity contribution is 6.03. The van der Waals surface area contributed by atoms with E-state index in [1.165, 1.54) is 4.57 Å². The molecule has 3 rings (SSSR count). The molecule has 10 heteroatoms. The zero-order chi connectivity index (χ0) is 29.5. The summed E-state index contributed by atoms with van der Waals surface area (Å²) in [7, 11) is 1.60. The van der Waals surface area contributed by atoms with Crippen LogP contribution in [0.3, 0.4) is 0 Å². The molecular formula is C31H47N3O7. The van der Waals surface area contributed by atoms with E-state index in [1.54, 1.807) is 43.6 Å². The number of nitrogens with one attached hydrogen (secondary N) is 1. The van der Waals surface area contributed by atoms with Crippen molar-refractivity contribution < 1.29 is 28.5 Å². The van der Waals surface area contributed by atoms with Crippen LogP contribution in [0.15, 0.2) is 47.4 Å². The molecule has 1 aliphatic heterocycles. The number of amides is 1. The van der Waals surface area contributed by atoms with Crippen LogP contribution < -0.4 is 11.0 Å². The van der Waals surface area contributed by atoms with Gasteiger partial charge in [-0.1, -0.05) is 58.2 Å². The summed E-state index contributed by atoms with van der Waals surface area (Å²) in [4.78, 5) is 30.0. The summed E-state index contributed by atoms with van der Waals surface area (Å²) in [6.07, 6.45) is 5.36. The fourth-order valence-electron chi connectivity index (χ4n) is 4.67. The Kier molecular flexibility index (Phi) is 14.5. The number of aromatic nitrogens is 2. The highest BCUT2D eigenvalue weighted by atomic mass is 16.6. The van der Waals surface area contributed by atoms with Crippen LogP contribution in [0.2, 0.25) is 0 Å². The Hall–Kier alpha value is -2.63. The van der Waals surface area contributed by atoms with Crippen LogP contribution >= 0.6 is 0 Å². The Labute approximate surface area is 243 Å². The van der Waals surface area contributed by atoms with E-state index in [-0.39, 0.29) is 17.8 Å². The molecule has 1 aliphatic rings. The Morgan fingerprint density at radius 2 is 1.66 bits per heavy atom. The van der Waals surface area contributed by atoms with E-state index in [2.05, 4.69) is 31.1 Å². The second kappa shape index (κ2) is 18.0. The Morgan fingerprint density at radius 1 is 0.976 bits per heavy atom. The number of rotatable bonds is 17. The Morgan fingerprint density at radius 3 is 2.32 bits per heavy atom. The van der Waals surface area contributed by atoms with Crippen molar-refractivity contribution in [1.29, 1.82) is 0 Å². The summed E-state index contributed by atoms with van der Waals surface area (Å²) in [5.74, 6) is -0.192. The van der Waals surface area contributed by atoms with Gasteiger partial charge in [-0.15, -0.1) is 0 Å². The summed E-state index contributed by atoms with van der Waals surface area (Å²) < 4.78 is 32.7. The van der Waals surface area contributed by atoms with Crippen molar-refractivity contribution in [3.8, 4) is 0 Å². The molecule has 1 saturated heterocycles. The second-order valence-corrected chi connectivity index (χ2v) is 10.3. The average molecular weight is 574 g/mol. The molecule has 41 heavy (non-hydrogen) atoms. The van der Waals surface area contributed by atoms with E-state index < -0.39 is 30.2 Å². The first-order chi connectivity index (χ1) is 20.0. The topological polar surface area (TPSA) is 110 Å². The fraction of sp³-hybridized carbons (Fsp3) is 0.645. The molecule has 5 atom stereocenters. The van der Waals surface area contributed by atoms with E-state index in [0.717, 1.165) is 38.5 Å². The van der Waals surface area contributed by atoms with E-state index in [9.17, 15) is 9.59 Å². The molecule has 1 aromatic carbocycles. The molecule has 0 radical (unpaired) electrons. The lowest BCUT2D eigenvalue weighted by molar-refractivity contribution is -0.176. The van der Waals surface area contributed by atoms with E-state index >= 15 is 0 Å². The first kappa shape index (κ1) is 32.9. The number of methoxy groups -OCH3 is 1. The lowest BCUT2D eigenvalue weighted by atomic mass is 10.0. The molecule has 1 amide bonds. The van der Waals surface area contributed by atoms with Gasteiger partial charge in [-0.3, -0.25) is 9.36 Å². The van der Waals surface area contributed by atoms with E-state index in [1.807, 2.05) is 6.07 Å². The predicted octanol–water partition coefficient (Wildman–Crippen LogP) is 4.99. The van der Waals surface area contributed by atoms with Crippen LogP contribution in [0.1, 0.15) is 82.3 Å². The third kappa shape index (κ3) is 10.0. The Balaban J connectivity index is 1.88. The van der Waals surface area contributed by atoms with Crippen molar-refractivity contribution in [2.24, 2.45) is 0 Å². The Bertz CT molecular complexity index is 1080. The zero-order valence-electron chi connectivity index (χ0n) is 25.0. The van der Waals surface area contributed by atoms with Crippen molar-refractivity contribution in [2.45, 2.75) is 96.4 Å². The normalized spacial score (nSPS) is 22.8. The predicted molar refractivity (Wildman–Crippen MR) is 157 cm³/mol. The molecule has 1 fully saturated rings. The number of hydrogen-bond acceptors (Lipinski definition) is 8. The molecule has 0 aliphatic carbocycles. The first-order valence-electron chi connectivity index (χ1n) is 15.0. The molecule has 10 nitrogen and oxygen atoms in total. The number of carbonyl (C=O) groups is 1. The van der Waals surface area contributed by atoms with Crippen molar-refractivity contribution in [2.75, 3.05) is 38.9 Å². The van der Waals surface area contributed by atoms with Gasteiger partial charge in [0.25, 0.3) is 5.91 Å². The molecule has 0 spiro atoms. The van der Waals surface area contributed by atoms with Crippen LogP contribution in [0.5, 0.6) is 0 Å². The van der Waals surface area contributed by atoms with Gasteiger partial charge in [-0.2, -0.15) is 4.98 Å². The minimum absolute atomic E-state index is 0.156. The highest BCUT2D eigenvalue weighted by Gasteiger charge is 2.43. The van der Waals surface area contributed by atoms with E-state index in [4.69, 9.17) is 23.7 Å². The van der Waals surface area contributed by atoms with Crippen molar-refractivity contribution in [3.05, 3.63) is 58.6 Å². The van der Waals surface area contributed by atoms with Crippen LogP contribution in [-0.4, -0.2) is 73.4 Å². The quantitative estimate of drug-likeness (QED) is 0.264. The maximum atomic E-state index is 13.3. The number of anilines is 1. The van der Waals surface area contributed by atoms with Gasteiger partial charge in [-0.25, -0.2) is 4.79 Å². The molecule has 1 N–H and O–H groups in total. The molecule has 0 saturated carbocycles. The van der Waals surface area contributed by atoms with Gasteiger partial charge in [0.05, 0.1) is 12.7 Å². The minimum atomic E-state index is -0.796. The summed E-state index contributed by atoms with van der Waals surface area (Å²) in [6.45, 7) is 8.43. The van der Waals surface area contributed by atoms with Gasteiger partial charge < -0.3 is 29.0 Å². The highest BCUT2D eigenvalue weighted by Crippen LogP contribution is 2.32. The maximum absolute atomic E-state index is 13.3. The van der Waals surface area contributed by atoms with E-state index in [0.29, 0.717) is 38.4 Å². The second-order valence-electron chi connectivity index (χ2n) is 10.3. The number of ether oxygens (including phenoxy) is 5. The molecule has 0 unspecified atom stereocenters. The standard InChI is InChI=1S/C31H47N3O7/c1-5-8-18-38-22-26-28(40-20-10-7-3)24(39-19-9-6-2)21-25(37-4)30(41-26)34-17-16-27(33-31(34)36)32-29(35)23-14-12-11-13-15-23/h11-17,24-26,28,30H,5-10,18-22H2,1-4H3,(H,32,33,35,36)/t24-,25-,26-,28+,30-/m1/s1. The molecule has 2 heterocycles. The van der Waals surface area contributed by atoms with Crippen molar-refractivity contribution in [1.82, 2.24) is 9.55 Å². The van der Waals surface area contributed by atoms with Crippen LogP contribution in [0.25, 0.3) is 0 Å². The summed E-state index contributed by atoms with van der Waals surface area (Å²) in [6, 6.07) is 10.3. The van der Waals surface area contributed by atoms with Gasteiger partial charge in [-0.05, 0) is 37.5 Å². The monoisotopic (exact) mass is 573 g/mol. The summed E-state index contributed by atoms with van der Waals surface area (Å²) in [5, 5.41) is 2.69. The minimum Gasteiger partial charge on any atom is -0.379 e. The molecule has 2 aromatic rings. The third-order valence-electron chi connectivity index (χ3n) is 7.08. The zero-order valence-corrected chi connectivity index (χ0v) is 25.0. The van der Waals surface area contributed by atoms with Crippen molar-refractivity contribution >= 4 is 11.7 Å². The lowest BCUT2D eigenvalue weighted by Crippen LogP contribution is -2.44. The van der Waals surface area contributed by atoms with Gasteiger partial charge in [0.1, 0.15) is 24.1 Å². The van der Waals surface area contributed by atoms with Gasteiger partial charge >= 0.3 is 5.69 Å².